The zero-order valence-electron chi connectivity index (χ0n) is 15.5. The highest BCUT2D eigenvalue weighted by atomic mass is 79.9. The Morgan fingerprint density at radius 2 is 2.15 bits per heavy atom. The number of nitrogens with two attached hydrogens (primary N) is 1. The van der Waals surface area contributed by atoms with Gasteiger partial charge in [0.05, 0.1) is 16.2 Å². The molecule has 144 valence electrons. The van der Waals surface area contributed by atoms with Gasteiger partial charge in [-0.15, -0.1) is 0 Å². The van der Waals surface area contributed by atoms with E-state index in [9.17, 15) is 9.59 Å². The number of rotatable bonds is 6. The van der Waals surface area contributed by atoms with Crippen molar-refractivity contribution in [1.29, 1.82) is 0 Å². The van der Waals surface area contributed by atoms with Crippen LogP contribution in [-0.4, -0.2) is 39.5 Å². The van der Waals surface area contributed by atoms with E-state index in [1.54, 1.807) is 0 Å². The van der Waals surface area contributed by atoms with Gasteiger partial charge in [0.25, 0.3) is 5.91 Å². The number of benzene rings is 1. The van der Waals surface area contributed by atoms with Crippen LogP contribution in [0.4, 0.5) is 5.69 Å². The molecule has 0 radical (unpaired) electrons. The summed E-state index contributed by atoms with van der Waals surface area (Å²) >= 11 is 3.46. The first-order valence-electron chi connectivity index (χ1n) is 9.04. The Kier molecular flexibility index (Phi) is 5.96. The van der Waals surface area contributed by atoms with Gasteiger partial charge in [-0.25, -0.2) is 0 Å². The minimum atomic E-state index is -0.296. The molecule has 7 nitrogen and oxygen atoms in total. The molecule has 3 rings (SSSR count). The quantitative estimate of drug-likeness (QED) is 0.650. The number of carbonyl (C=O) groups excluding carboxylic acids is 2. The Morgan fingerprint density at radius 1 is 1.41 bits per heavy atom. The van der Waals surface area contributed by atoms with E-state index in [2.05, 4.69) is 36.3 Å². The lowest BCUT2D eigenvalue weighted by molar-refractivity contribution is -0.122. The van der Waals surface area contributed by atoms with Crippen molar-refractivity contribution in [3.63, 3.8) is 0 Å². The maximum Gasteiger partial charge on any atom is 0.277 e. The lowest BCUT2D eigenvalue weighted by Gasteiger charge is -2.23. The Hall–Kier alpha value is -2.19. The van der Waals surface area contributed by atoms with E-state index in [0.717, 1.165) is 30.6 Å². The van der Waals surface area contributed by atoms with Gasteiger partial charge in [0.15, 0.2) is 5.69 Å². The maximum atomic E-state index is 12.7. The SMILES string of the molecule is CC(C)c1[nH]nc(C(=O)Nc2ccccc2CN2CCCC2C(N)=O)c1Br. The number of nitrogens with zero attached hydrogens (tertiary/aromatic N) is 2. The van der Waals surface area contributed by atoms with Crippen LogP contribution >= 0.6 is 15.9 Å². The predicted molar refractivity (Wildman–Crippen MR) is 107 cm³/mol. The molecule has 1 aromatic carbocycles. The third-order valence-corrected chi connectivity index (χ3v) is 5.66. The van der Waals surface area contributed by atoms with Crippen LogP contribution in [0, 0.1) is 0 Å². The molecule has 1 aliphatic rings. The zero-order chi connectivity index (χ0) is 19.6. The minimum absolute atomic E-state index is 0.224. The minimum Gasteiger partial charge on any atom is -0.368 e. The Morgan fingerprint density at radius 3 is 2.81 bits per heavy atom. The molecule has 1 fully saturated rings. The van der Waals surface area contributed by atoms with Crippen molar-refractivity contribution >= 4 is 33.4 Å². The molecular formula is C19H24BrN5O2. The number of halogens is 1. The van der Waals surface area contributed by atoms with Gasteiger partial charge in [-0.3, -0.25) is 19.6 Å². The van der Waals surface area contributed by atoms with Gasteiger partial charge in [0.2, 0.25) is 5.91 Å². The van der Waals surface area contributed by atoms with Crippen molar-refractivity contribution in [2.45, 2.75) is 45.2 Å². The summed E-state index contributed by atoms with van der Waals surface area (Å²) < 4.78 is 0.681. The van der Waals surface area contributed by atoms with Crippen molar-refractivity contribution < 1.29 is 9.59 Å². The average molecular weight is 434 g/mol. The van der Waals surface area contributed by atoms with Gasteiger partial charge in [-0.1, -0.05) is 32.0 Å². The molecule has 0 saturated carbocycles. The predicted octanol–water partition coefficient (Wildman–Crippen LogP) is 3.00. The van der Waals surface area contributed by atoms with Crippen LogP contribution in [-0.2, 0) is 11.3 Å². The molecule has 2 heterocycles. The van der Waals surface area contributed by atoms with Crippen molar-refractivity contribution in [3.8, 4) is 0 Å². The summed E-state index contributed by atoms with van der Waals surface area (Å²) in [6, 6.07) is 7.34. The number of carbonyl (C=O) groups is 2. The van der Waals surface area contributed by atoms with E-state index >= 15 is 0 Å². The fourth-order valence-electron chi connectivity index (χ4n) is 3.39. The number of anilines is 1. The fourth-order valence-corrected chi connectivity index (χ4v) is 4.21. The van der Waals surface area contributed by atoms with Crippen LogP contribution in [0.5, 0.6) is 0 Å². The lowest BCUT2D eigenvalue weighted by Crippen LogP contribution is -2.39. The van der Waals surface area contributed by atoms with E-state index in [-0.39, 0.29) is 23.8 Å². The second-order valence-electron chi connectivity index (χ2n) is 7.10. The standard InChI is InChI=1S/C19H24BrN5O2/c1-11(2)16-15(20)17(24-23-16)19(27)22-13-7-4-3-6-12(13)10-25-9-5-8-14(25)18(21)26/h3-4,6-7,11,14H,5,8-10H2,1-2H3,(H2,21,26)(H,22,27)(H,23,24). The number of nitrogens with one attached hydrogen (secondary N) is 2. The summed E-state index contributed by atoms with van der Waals surface area (Å²) in [7, 11) is 0. The van der Waals surface area contributed by atoms with Gasteiger partial charge in [-0.2, -0.15) is 5.10 Å². The highest BCUT2D eigenvalue weighted by molar-refractivity contribution is 9.10. The molecule has 27 heavy (non-hydrogen) atoms. The van der Waals surface area contributed by atoms with Crippen LogP contribution < -0.4 is 11.1 Å². The highest BCUT2D eigenvalue weighted by Crippen LogP contribution is 2.27. The topological polar surface area (TPSA) is 104 Å². The third kappa shape index (κ3) is 4.22. The van der Waals surface area contributed by atoms with Crippen LogP contribution in [0.15, 0.2) is 28.7 Å². The Bertz CT molecular complexity index is 848. The molecule has 2 aromatic rings. The molecule has 0 aliphatic carbocycles. The van der Waals surface area contributed by atoms with Gasteiger partial charge >= 0.3 is 0 Å². The average Bonchev–Trinajstić information content (AvgIpc) is 3.23. The smallest absolute Gasteiger partial charge is 0.277 e. The normalized spacial score (nSPS) is 17.4. The summed E-state index contributed by atoms with van der Waals surface area (Å²) in [5.74, 6) is -0.359. The number of H-pyrrole nitrogens is 1. The first-order chi connectivity index (χ1) is 12.9. The van der Waals surface area contributed by atoms with Crippen LogP contribution in [0.25, 0.3) is 0 Å². The summed E-state index contributed by atoms with van der Waals surface area (Å²) in [6.07, 6.45) is 1.72. The summed E-state index contributed by atoms with van der Waals surface area (Å²) in [4.78, 5) is 26.4. The molecular weight excluding hydrogens is 410 g/mol. The van der Waals surface area contributed by atoms with Crippen molar-refractivity contribution in [1.82, 2.24) is 15.1 Å². The van der Waals surface area contributed by atoms with Gasteiger partial charge in [0.1, 0.15) is 0 Å². The fraction of sp³-hybridized carbons (Fsp3) is 0.421. The number of primary amides is 1. The molecule has 1 atom stereocenters. The molecule has 1 unspecified atom stereocenters. The van der Waals surface area contributed by atoms with Crippen molar-refractivity contribution in [3.05, 3.63) is 45.7 Å². The lowest BCUT2D eigenvalue weighted by atomic mass is 10.1. The second-order valence-corrected chi connectivity index (χ2v) is 7.89. The zero-order valence-corrected chi connectivity index (χ0v) is 17.0. The molecule has 4 N–H and O–H groups in total. The third-order valence-electron chi connectivity index (χ3n) is 4.86. The van der Waals surface area contributed by atoms with Gasteiger partial charge in [-0.05, 0) is 52.9 Å². The number of amides is 2. The molecule has 0 bridgehead atoms. The molecule has 0 spiro atoms. The second kappa shape index (κ2) is 8.22. The Labute approximate surface area is 166 Å². The number of aromatic nitrogens is 2. The van der Waals surface area contributed by atoms with Gasteiger partial charge in [0, 0.05) is 12.2 Å². The first kappa shape index (κ1) is 19.6. The summed E-state index contributed by atoms with van der Waals surface area (Å²) in [5, 5.41) is 10.0. The van der Waals surface area contributed by atoms with Crippen molar-refractivity contribution in [2.24, 2.45) is 5.73 Å². The van der Waals surface area contributed by atoms with Crippen LogP contribution in [0.2, 0.25) is 0 Å². The number of hydrogen-bond acceptors (Lipinski definition) is 4. The molecule has 8 heteroatoms. The summed E-state index contributed by atoms with van der Waals surface area (Å²) in [5.41, 5.74) is 8.37. The van der Waals surface area contributed by atoms with Crippen molar-refractivity contribution in [2.75, 3.05) is 11.9 Å². The molecule has 2 amide bonds. The van der Waals surface area contributed by atoms with E-state index in [1.165, 1.54) is 0 Å². The molecule has 1 aromatic heterocycles. The largest absolute Gasteiger partial charge is 0.368 e. The number of para-hydroxylation sites is 1. The van der Waals surface area contributed by atoms with Crippen LogP contribution in [0.3, 0.4) is 0 Å². The number of likely N-dealkylation sites (tertiary alicyclic amines) is 1. The highest BCUT2D eigenvalue weighted by Gasteiger charge is 2.29. The number of hydrogen-bond donors (Lipinski definition) is 3. The Balaban J connectivity index is 1.78. The summed E-state index contributed by atoms with van der Waals surface area (Å²) in [6.45, 7) is 5.43. The van der Waals surface area contributed by atoms with E-state index in [1.807, 2.05) is 38.1 Å². The molecule has 1 saturated heterocycles. The maximum absolute atomic E-state index is 12.7. The number of aromatic amines is 1. The van der Waals surface area contributed by atoms with E-state index < -0.39 is 0 Å². The van der Waals surface area contributed by atoms with Gasteiger partial charge < -0.3 is 11.1 Å². The van der Waals surface area contributed by atoms with Crippen LogP contribution in [0.1, 0.15) is 54.4 Å². The van der Waals surface area contributed by atoms with E-state index in [0.29, 0.717) is 22.4 Å². The molecule has 1 aliphatic heterocycles. The first-order valence-corrected chi connectivity index (χ1v) is 9.84. The van der Waals surface area contributed by atoms with E-state index in [4.69, 9.17) is 5.73 Å². The monoisotopic (exact) mass is 433 g/mol.